The van der Waals surface area contributed by atoms with Gasteiger partial charge in [-0.05, 0) is 39.2 Å². The van der Waals surface area contributed by atoms with E-state index in [4.69, 9.17) is 10.5 Å². The van der Waals surface area contributed by atoms with Gasteiger partial charge in [0.15, 0.2) is 0 Å². The summed E-state index contributed by atoms with van der Waals surface area (Å²) in [6, 6.07) is 0. The zero-order chi connectivity index (χ0) is 9.23. The summed E-state index contributed by atoms with van der Waals surface area (Å²) >= 11 is 0. The Labute approximate surface area is 76.5 Å². The molecular weight excluding hydrogens is 150 g/mol. The summed E-state index contributed by atoms with van der Waals surface area (Å²) in [5, 5.41) is 0. The molecule has 1 unspecified atom stereocenters. The zero-order valence-corrected chi connectivity index (χ0v) is 8.51. The molecule has 0 rings (SSSR count). The van der Waals surface area contributed by atoms with Crippen molar-refractivity contribution in [2.45, 2.75) is 52.1 Å². The number of nitrogens with two attached hydrogens (primary N) is 1. The topological polar surface area (TPSA) is 35.2 Å². The summed E-state index contributed by atoms with van der Waals surface area (Å²) in [6.07, 6.45) is 6.32. The summed E-state index contributed by atoms with van der Waals surface area (Å²) in [7, 11) is 0. The summed E-state index contributed by atoms with van der Waals surface area (Å²) in [5.41, 5.74) is 5.38. The lowest BCUT2D eigenvalue weighted by Gasteiger charge is -2.11. The van der Waals surface area contributed by atoms with E-state index >= 15 is 0 Å². The van der Waals surface area contributed by atoms with Gasteiger partial charge in [-0.1, -0.05) is 13.3 Å². The van der Waals surface area contributed by atoms with Gasteiger partial charge in [-0.2, -0.15) is 0 Å². The Balaban J connectivity index is 2.97. The van der Waals surface area contributed by atoms with Crippen LogP contribution in [0, 0.1) is 0 Å². The number of hydrogen-bond acceptors (Lipinski definition) is 2. The second kappa shape index (κ2) is 9.01. The van der Waals surface area contributed by atoms with E-state index in [0.29, 0.717) is 6.10 Å². The first-order chi connectivity index (χ1) is 5.81. The van der Waals surface area contributed by atoms with Crippen molar-refractivity contribution >= 4 is 0 Å². The third-order valence-corrected chi connectivity index (χ3v) is 1.95. The van der Waals surface area contributed by atoms with Gasteiger partial charge in [0.2, 0.25) is 0 Å². The fourth-order valence-electron chi connectivity index (χ4n) is 1.20. The van der Waals surface area contributed by atoms with Crippen molar-refractivity contribution in [1.29, 1.82) is 0 Å². The van der Waals surface area contributed by atoms with E-state index in [1.165, 1.54) is 19.3 Å². The SMILES string of the molecule is CCCC(C)OCCCCCN. The van der Waals surface area contributed by atoms with Crippen LogP contribution in [0.1, 0.15) is 46.0 Å². The first-order valence-electron chi connectivity index (χ1n) is 5.13. The summed E-state index contributed by atoms with van der Waals surface area (Å²) in [4.78, 5) is 0. The van der Waals surface area contributed by atoms with Crippen molar-refractivity contribution in [2.24, 2.45) is 5.73 Å². The molecule has 0 aliphatic carbocycles. The Kier molecular flexibility index (Phi) is 8.95. The van der Waals surface area contributed by atoms with Crippen LogP contribution < -0.4 is 5.73 Å². The Morgan fingerprint density at radius 1 is 1.25 bits per heavy atom. The van der Waals surface area contributed by atoms with Crippen LogP contribution >= 0.6 is 0 Å². The lowest BCUT2D eigenvalue weighted by Crippen LogP contribution is -2.09. The maximum Gasteiger partial charge on any atom is 0.0546 e. The molecule has 0 aliphatic rings. The van der Waals surface area contributed by atoms with Crippen LogP contribution in [0.5, 0.6) is 0 Å². The molecule has 74 valence electrons. The summed E-state index contributed by atoms with van der Waals surface area (Å²) < 4.78 is 5.59. The number of rotatable bonds is 8. The lowest BCUT2D eigenvalue weighted by molar-refractivity contribution is 0.0572. The standard InChI is InChI=1S/C10H23NO/c1-3-7-10(2)12-9-6-4-5-8-11/h10H,3-9,11H2,1-2H3. The van der Waals surface area contributed by atoms with Crippen molar-refractivity contribution in [3.05, 3.63) is 0 Å². The van der Waals surface area contributed by atoms with Crippen molar-refractivity contribution in [3.63, 3.8) is 0 Å². The van der Waals surface area contributed by atoms with Gasteiger partial charge in [0, 0.05) is 6.61 Å². The molecule has 0 aliphatic heterocycles. The van der Waals surface area contributed by atoms with Gasteiger partial charge in [0.1, 0.15) is 0 Å². The Bertz CT molecular complexity index is 85.9. The average Bonchev–Trinajstić information content (AvgIpc) is 2.05. The van der Waals surface area contributed by atoms with E-state index in [-0.39, 0.29) is 0 Å². The molecule has 0 heterocycles. The highest BCUT2D eigenvalue weighted by molar-refractivity contribution is 4.48. The fourth-order valence-corrected chi connectivity index (χ4v) is 1.20. The molecule has 12 heavy (non-hydrogen) atoms. The van der Waals surface area contributed by atoms with Crippen molar-refractivity contribution in [3.8, 4) is 0 Å². The molecule has 2 N–H and O–H groups in total. The average molecular weight is 173 g/mol. The van der Waals surface area contributed by atoms with Gasteiger partial charge in [-0.25, -0.2) is 0 Å². The predicted molar refractivity (Wildman–Crippen MR) is 53.2 cm³/mol. The minimum absolute atomic E-state index is 0.438. The van der Waals surface area contributed by atoms with Crippen LogP contribution in [0.15, 0.2) is 0 Å². The molecule has 2 nitrogen and oxygen atoms in total. The van der Waals surface area contributed by atoms with Crippen LogP contribution in [0.2, 0.25) is 0 Å². The summed E-state index contributed by atoms with van der Waals surface area (Å²) in [6.45, 7) is 6.05. The number of unbranched alkanes of at least 4 members (excludes halogenated alkanes) is 2. The van der Waals surface area contributed by atoms with Gasteiger partial charge in [0.25, 0.3) is 0 Å². The van der Waals surface area contributed by atoms with E-state index in [0.717, 1.165) is 26.0 Å². The normalized spacial score (nSPS) is 13.2. The molecular formula is C10H23NO. The van der Waals surface area contributed by atoms with Gasteiger partial charge >= 0.3 is 0 Å². The first-order valence-corrected chi connectivity index (χ1v) is 5.13. The zero-order valence-electron chi connectivity index (χ0n) is 8.51. The number of ether oxygens (including phenoxy) is 1. The molecule has 0 aromatic carbocycles. The van der Waals surface area contributed by atoms with E-state index < -0.39 is 0 Å². The Morgan fingerprint density at radius 2 is 2.00 bits per heavy atom. The quantitative estimate of drug-likeness (QED) is 0.572. The highest BCUT2D eigenvalue weighted by Crippen LogP contribution is 2.02. The molecule has 0 spiro atoms. The summed E-state index contributed by atoms with van der Waals surface area (Å²) in [5.74, 6) is 0. The predicted octanol–water partition coefficient (Wildman–Crippen LogP) is 2.32. The smallest absolute Gasteiger partial charge is 0.0546 e. The molecule has 0 saturated heterocycles. The maximum absolute atomic E-state index is 5.59. The minimum Gasteiger partial charge on any atom is -0.379 e. The molecule has 0 radical (unpaired) electrons. The van der Waals surface area contributed by atoms with Gasteiger partial charge < -0.3 is 10.5 Å². The van der Waals surface area contributed by atoms with Gasteiger partial charge in [-0.3, -0.25) is 0 Å². The van der Waals surface area contributed by atoms with Gasteiger partial charge in [0.05, 0.1) is 6.10 Å². The van der Waals surface area contributed by atoms with E-state index in [1.54, 1.807) is 0 Å². The van der Waals surface area contributed by atoms with E-state index in [9.17, 15) is 0 Å². The van der Waals surface area contributed by atoms with Crippen LogP contribution in [-0.4, -0.2) is 19.3 Å². The molecule has 1 atom stereocenters. The van der Waals surface area contributed by atoms with E-state index in [2.05, 4.69) is 13.8 Å². The molecule has 2 heteroatoms. The minimum atomic E-state index is 0.438. The lowest BCUT2D eigenvalue weighted by atomic mass is 10.2. The largest absolute Gasteiger partial charge is 0.379 e. The molecule has 0 amide bonds. The molecule has 0 fully saturated rings. The van der Waals surface area contributed by atoms with Gasteiger partial charge in [-0.15, -0.1) is 0 Å². The third kappa shape index (κ3) is 8.02. The van der Waals surface area contributed by atoms with Crippen molar-refractivity contribution in [2.75, 3.05) is 13.2 Å². The fraction of sp³-hybridized carbons (Fsp3) is 1.00. The first kappa shape index (κ1) is 11.9. The second-order valence-electron chi connectivity index (χ2n) is 3.32. The molecule has 0 aromatic heterocycles. The van der Waals surface area contributed by atoms with Crippen LogP contribution in [-0.2, 0) is 4.74 Å². The molecule has 0 saturated carbocycles. The molecule has 0 aromatic rings. The Morgan fingerprint density at radius 3 is 2.58 bits per heavy atom. The van der Waals surface area contributed by atoms with Crippen molar-refractivity contribution in [1.82, 2.24) is 0 Å². The number of hydrogen-bond donors (Lipinski definition) is 1. The monoisotopic (exact) mass is 173 g/mol. The second-order valence-corrected chi connectivity index (χ2v) is 3.32. The highest BCUT2D eigenvalue weighted by Gasteiger charge is 1.98. The Hall–Kier alpha value is -0.0800. The third-order valence-electron chi connectivity index (χ3n) is 1.95. The maximum atomic E-state index is 5.59. The van der Waals surface area contributed by atoms with E-state index in [1.807, 2.05) is 0 Å². The molecule has 0 bridgehead atoms. The highest BCUT2D eigenvalue weighted by atomic mass is 16.5. The van der Waals surface area contributed by atoms with Crippen LogP contribution in [0.3, 0.4) is 0 Å². The van der Waals surface area contributed by atoms with Crippen LogP contribution in [0.25, 0.3) is 0 Å². The van der Waals surface area contributed by atoms with Crippen LogP contribution in [0.4, 0.5) is 0 Å². The van der Waals surface area contributed by atoms with Crippen molar-refractivity contribution < 1.29 is 4.74 Å².